The first-order valence-electron chi connectivity index (χ1n) is 5.89. The molecule has 1 aromatic heterocycles. The van der Waals surface area contributed by atoms with E-state index in [0.29, 0.717) is 0 Å². The van der Waals surface area contributed by atoms with Gasteiger partial charge in [0.15, 0.2) is 0 Å². The second kappa shape index (κ2) is 5.67. The van der Waals surface area contributed by atoms with Crippen molar-refractivity contribution in [3.8, 4) is 11.3 Å². The lowest BCUT2D eigenvalue weighted by Gasteiger charge is -2.19. The SMILES string of the molecule is CC(C)(C)NCc1nc(-c2ccc(I)cc2)cs1. The van der Waals surface area contributed by atoms with Gasteiger partial charge < -0.3 is 5.32 Å². The van der Waals surface area contributed by atoms with Crippen molar-refractivity contribution in [2.75, 3.05) is 0 Å². The molecule has 0 bridgehead atoms. The molecule has 0 saturated heterocycles. The number of rotatable bonds is 3. The van der Waals surface area contributed by atoms with Crippen LogP contribution >= 0.6 is 33.9 Å². The highest BCUT2D eigenvalue weighted by atomic mass is 127. The minimum Gasteiger partial charge on any atom is -0.306 e. The van der Waals surface area contributed by atoms with Crippen LogP contribution in [0.25, 0.3) is 11.3 Å². The van der Waals surface area contributed by atoms with Gasteiger partial charge in [-0.3, -0.25) is 0 Å². The van der Waals surface area contributed by atoms with E-state index in [0.717, 1.165) is 17.2 Å². The summed E-state index contributed by atoms with van der Waals surface area (Å²) in [5.74, 6) is 0. The van der Waals surface area contributed by atoms with E-state index in [-0.39, 0.29) is 5.54 Å². The first-order chi connectivity index (χ1) is 8.44. The van der Waals surface area contributed by atoms with Gasteiger partial charge in [0, 0.05) is 26.6 Å². The van der Waals surface area contributed by atoms with Crippen LogP contribution in [0.15, 0.2) is 29.6 Å². The number of nitrogens with one attached hydrogen (secondary N) is 1. The summed E-state index contributed by atoms with van der Waals surface area (Å²) in [5.41, 5.74) is 2.39. The minimum atomic E-state index is 0.134. The fourth-order valence-corrected chi connectivity index (χ4v) is 2.59. The van der Waals surface area contributed by atoms with Crippen molar-refractivity contribution >= 4 is 33.9 Å². The monoisotopic (exact) mass is 372 g/mol. The second-order valence-electron chi connectivity index (χ2n) is 5.24. The van der Waals surface area contributed by atoms with E-state index in [1.54, 1.807) is 11.3 Å². The van der Waals surface area contributed by atoms with Crippen molar-refractivity contribution in [2.24, 2.45) is 0 Å². The molecule has 1 aromatic carbocycles. The third kappa shape index (κ3) is 4.03. The molecule has 0 aliphatic rings. The Kier molecular flexibility index (Phi) is 4.40. The Bertz CT molecular complexity index is 511. The molecular weight excluding hydrogens is 355 g/mol. The number of benzene rings is 1. The molecule has 96 valence electrons. The molecule has 0 aliphatic carbocycles. The predicted octanol–water partition coefficient (Wildman–Crippen LogP) is 4.30. The van der Waals surface area contributed by atoms with E-state index in [1.165, 1.54) is 9.13 Å². The van der Waals surface area contributed by atoms with Crippen molar-refractivity contribution in [3.63, 3.8) is 0 Å². The summed E-state index contributed by atoms with van der Waals surface area (Å²) in [6.07, 6.45) is 0. The highest BCUT2D eigenvalue weighted by molar-refractivity contribution is 14.1. The molecule has 2 rings (SSSR count). The fourth-order valence-electron chi connectivity index (χ4n) is 1.49. The average Bonchev–Trinajstić information content (AvgIpc) is 2.75. The van der Waals surface area contributed by atoms with Gasteiger partial charge in [0.2, 0.25) is 0 Å². The zero-order chi connectivity index (χ0) is 13.2. The number of thiazole rings is 1. The lowest BCUT2D eigenvalue weighted by molar-refractivity contribution is 0.424. The summed E-state index contributed by atoms with van der Waals surface area (Å²) < 4.78 is 1.25. The summed E-state index contributed by atoms with van der Waals surface area (Å²) in [6, 6.07) is 8.47. The van der Waals surface area contributed by atoms with Gasteiger partial charge in [-0.25, -0.2) is 4.98 Å². The zero-order valence-electron chi connectivity index (χ0n) is 10.8. The molecule has 0 fully saturated rings. The summed E-state index contributed by atoms with van der Waals surface area (Å²) >= 11 is 4.03. The third-order valence-electron chi connectivity index (χ3n) is 2.46. The number of halogens is 1. The van der Waals surface area contributed by atoms with Crippen LogP contribution in [0.2, 0.25) is 0 Å². The normalized spacial score (nSPS) is 11.8. The number of hydrogen-bond donors (Lipinski definition) is 1. The molecule has 0 atom stereocenters. The molecule has 1 heterocycles. The Labute approximate surface area is 126 Å². The van der Waals surface area contributed by atoms with Gasteiger partial charge in [-0.1, -0.05) is 12.1 Å². The summed E-state index contributed by atoms with van der Waals surface area (Å²) in [5, 5.41) is 6.72. The van der Waals surface area contributed by atoms with Crippen LogP contribution in [0.4, 0.5) is 0 Å². The molecule has 0 aliphatic heterocycles. The molecule has 0 radical (unpaired) electrons. The Morgan fingerprint density at radius 1 is 1.22 bits per heavy atom. The van der Waals surface area contributed by atoms with Gasteiger partial charge in [-0.2, -0.15) is 0 Å². The summed E-state index contributed by atoms with van der Waals surface area (Å²) in [4.78, 5) is 4.67. The van der Waals surface area contributed by atoms with Crippen molar-refractivity contribution in [2.45, 2.75) is 32.9 Å². The van der Waals surface area contributed by atoms with Crippen LogP contribution in [0.3, 0.4) is 0 Å². The van der Waals surface area contributed by atoms with Crippen LogP contribution in [-0.2, 0) is 6.54 Å². The standard InChI is InChI=1S/C14H17IN2S/c1-14(2,3)16-8-13-17-12(9-18-13)10-4-6-11(15)7-5-10/h4-7,9,16H,8H2,1-3H3. The van der Waals surface area contributed by atoms with Crippen molar-refractivity contribution in [1.29, 1.82) is 0 Å². The molecule has 1 N–H and O–H groups in total. The molecular formula is C14H17IN2S. The van der Waals surface area contributed by atoms with Crippen molar-refractivity contribution in [1.82, 2.24) is 10.3 Å². The second-order valence-corrected chi connectivity index (χ2v) is 7.43. The Morgan fingerprint density at radius 2 is 1.89 bits per heavy atom. The molecule has 0 spiro atoms. The molecule has 4 heteroatoms. The third-order valence-corrected chi connectivity index (χ3v) is 4.03. The molecule has 18 heavy (non-hydrogen) atoms. The molecule has 2 aromatic rings. The lowest BCUT2D eigenvalue weighted by Crippen LogP contribution is -2.34. The highest BCUT2D eigenvalue weighted by Crippen LogP contribution is 2.22. The van der Waals surface area contributed by atoms with Gasteiger partial charge in [0.05, 0.1) is 5.69 Å². The first kappa shape index (κ1) is 14.0. The van der Waals surface area contributed by atoms with Crippen LogP contribution in [-0.4, -0.2) is 10.5 Å². The highest BCUT2D eigenvalue weighted by Gasteiger charge is 2.10. The van der Waals surface area contributed by atoms with E-state index < -0.39 is 0 Å². The predicted molar refractivity (Wildman–Crippen MR) is 86.9 cm³/mol. The van der Waals surface area contributed by atoms with E-state index >= 15 is 0 Å². The van der Waals surface area contributed by atoms with E-state index in [2.05, 4.69) is 83.3 Å². The number of nitrogens with zero attached hydrogens (tertiary/aromatic N) is 1. The smallest absolute Gasteiger partial charge is 0.107 e. The maximum absolute atomic E-state index is 4.67. The van der Waals surface area contributed by atoms with Gasteiger partial charge in [-0.05, 0) is 55.5 Å². The van der Waals surface area contributed by atoms with Crippen LogP contribution in [0.1, 0.15) is 25.8 Å². The van der Waals surface area contributed by atoms with Gasteiger partial charge >= 0.3 is 0 Å². The largest absolute Gasteiger partial charge is 0.306 e. The average molecular weight is 372 g/mol. The van der Waals surface area contributed by atoms with Gasteiger partial charge in [-0.15, -0.1) is 11.3 Å². The van der Waals surface area contributed by atoms with Gasteiger partial charge in [0.1, 0.15) is 5.01 Å². The number of aromatic nitrogens is 1. The Hall–Kier alpha value is -0.460. The molecule has 2 nitrogen and oxygen atoms in total. The Balaban J connectivity index is 2.08. The zero-order valence-corrected chi connectivity index (χ0v) is 13.8. The topological polar surface area (TPSA) is 24.9 Å². The van der Waals surface area contributed by atoms with E-state index in [1.807, 2.05) is 0 Å². The molecule has 0 amide bonds. The molecule has 0 unspecified atom stereocenters. The number of hydrogen-bond acceptors (Lipinski definition) is 3. The first-order valence-corrected chi connectivity index (χ1v) is 7.85. The summed E-state index contributed by atoms with van der Waals surface area (Å²) in [6.45, 7) is 7.33. The quantitative estimate of drug-likeness (QED) is 0.813. The fraction of sp³-hybridized carbons (Fsp3) is 0.357. The lowest BCUT2D eigenvalue weighted by atomic mass is 10.1. The molecule has 0 saturated carbocycles. The van der Waals surface area contributed by atoms with E-state index in [9.17, 15) is 0 Å². The van der Waals surface area contributed by atoms with Crippen LogP contribution in [0, 0.1) is 3.57 Å². The Morgan fingerprint density at radius 3 is 2.50 bits per heavy atom. The van der Waals surface area contributed by atoms with Crippen molar-refractivity contribution < 1.29 is 0 Å². The van der Waals surface area contributed by atoms with Gasteiger partial charge in [0.25, 0.3) is 0 Å². The maximum Gasteiger partial charge on any atom is 0.107 e. The van der Waals surface area contributed by atoms with Crippen LogP contribution < -0.4 is 5.32 Å². The van der Waals surface area contributed by atoms with Crippen molar-refractivity contribution in [3.05, 3.63) is 38.2 Å². The van der Waals surface area contributed by atoms with Crippen LogP contribution in [0.5, 0.6) is 0 Å². The van der Waals surface area contributed by atoms with E-state index in [4.69, 9.17) is 0 Å². The maximum atomic E-state index is 4.67. The minimum absolute atomic E-state index is 0.134. The summed E-state index contributed by atoms with van der Waals surface area (Å²) in [7, 11) is 0.